The number of rotatable bonds is 4. The van der Waals surface area contributed by atoms with Crippen molar-refractivity contribution in [3.63, 3.8) is 0 Å². The molecule has 0 fully saturated rings. The molecular formula is C16H19N3O. The number of ether oxygens (including phenoxy) is 1. The third-order valence-corrected chi connectivity index (χ3v) is 3.35. The molecule has 3 aromatic rings. The number of hydrogen-bond acceptors (Lipinski definition) is 2. The predicted octanol–water partition coefficient (Wildman–Crippen LogP) is 3.21. The summed E-state index contributed by atoms with van der Waals surface area (Å²) in [6, 6.07) is 8.34. The normalized spacial score (nSPS) is 11.4. The zero-order valence-electron chi connectivity index (χ0n) is 12.1. The Balaban J connectivity index is 1.92. The van der Waals surface area contributed by atoms with E-state index in [0.29, 0.717) is 0 Å². The van der Waals surface area contributed by atoms with Crippen LogP contribution < -0.4 is 4.74 Å². The lowest BCUT2D eigenvalue weighted by molar-refractivity contribution is 0.243. The Morgan fingerprint density at radius 1 is 1.20 bits per heavy atom. The molecule has 0 unspecified atom stereocenters. The average Bonchev–Trinajstić information content (AvgIpc) is 2.97. The van der Waals surface area contributed by atoms with Gasteiger partial charge in [-0.15, -0.1) is 0 Å². The summed E-state index contributed by atoms with van der Waals surface area (Å²) in [6.45, 7) is 4.85. The van der Waals surface area contributed by atoms with Crippen molar-refractivity contribution in [1.29, 1.82) is 0 Å². The highest BCUT2D eigenvalue weighted by molar-refractivity contribution is 5.81. The van der Waals surface area contributed by atoms with Crippen molar-refractivity contribution < 1.29 is 4.74 Å². The van der Waals surface area contributed by atoms with Gasteiger partial charge < -0.3 is 13.9 Å². The minimum Gasteiger partial charge on any atom is -0.491 e. The molecule has 0 bridgehead atoms. The fourth-order valence-electron chi connectivity index (χ4n) is 2.36. The second-order valence-electron chi connectivity index (χ2n) is 5.29. The maximum absolute atomic E-state index is 5.73. The lowest BCUT2D eigenvalue weighted by Gasteiger charge is -2.10. The zero-order valence-corrected chi connectivity index (χ0v) is 12.1. The number of imidazole rings is 1. The van der Waals surface area contributed by atoms with Crippen LogP contribution in [0.4, 0.5) is 0 Å². The second kappa shape index (κ2) is 5.04. The molecule has 4 nitrogen and oxygen atoms in total. The minimum atomic E-state index is 0.196. The molecule has 0 atom stereocenters. The Morgan fingerprint density at radius 2 is 2.05 bits per heavy atom. The van der Waals surface area contributed by atoms with Crippen LogP contribution in [0.2, 0.25) is 0 Å². The minimum absolute atomic E-state index is 0.196. The van der Waals surface area contributed by atoms with E-state index < -0.39 is 0 Å². The van der Waals surface area contributed by atoms with Crippen molar-refractivity contribution in [2.45, 2.75) is 26.5 Å². The fourth-order valence-corrected chi connectivity index (χ4v) is 2.36. The van der Waals surface area contributed by atoms with Crippen LogP contribution in [0.3, 0.4) is 0 Å². The first-order valence-electron chi connectivity index (χ1n) is 6.85. The number of benzene rings is 1. The van der Waals surface area contributed by atoms with E-state index in [1.54, 1.807) is 0 Å². The summed E-state index contributed by atoms with van der Waals surface area (Å²) in [5.74, 6) is 1.97. The molecule has 0 spiro atoms. The highest BCUT2D eigenvalue weighted by Crippen LogP contribution is 2.23. The number of aryl methyl sites for hydroxylation is 1. The van der Waals surface area contributed by atoms with Gasteiger partial charge in [0.05, 0.1) is 12.6 Å². The van der Waals surface area contributed by atoms with Crippen molar-refractivity contribution in [2.24, 2.45) is 7.05 Å². The molecule has 0 radical (unpaired) electrons. The summed E-state index contributed by atoms with van der Waals surface area (Å²) in [4.78, 5) is 4.37. The van der Waals surface area contributed by atoms with E-state index in [9.17, 15) is 0 Å². The highest BCUT2D eigenvalue weighted by atomic mass is 16.5. The first kappa shape index (κ1) is 12.8. The van der Waals surface area contributed by atoms with E-state index in [1.807, 2.05) is 43.9 Å². The van der Waals surface area contributed by atoms with Crippen LogP contribution in [-0.4, -0.2) is 20.2 Å². The highest BCUT2D eigenvalue weighted by Gasteiger charge is 2.06. The molecule has 20 heavy (non-hydrogen) atoms. The van der Waals surface area contributed by atoms with Gasteiger partial charge in [-0.05, 0) is 38.1 Å². The first-order chi connectivity index (χ1) is 9.63. The summed E-state index contributed by atoms with van der Waals surface area (Å²) in [5.41, 5.74) is 1.20. The Bertz CT molecular complexity index is 724. The van der Waals surface area contributed by atoms with Crippen LogP contribution in [0, 0.1) is 0 Å². The summed E-state index contributed by atoms with van der Waals surface area (Å²) in [6.07, 6.45) is 6.09. The Kier molecular flexibility index (Phi) is 3.22. The van der Waals surface area contributed by atoms with Gasteiger partial charge in [-0.3, -0.25) is 0 Å². The molecule has 2 aromatic heterocycles. The van der Waals surface area contributed by atoms with E-state index in [-0.39, 0.29) is 6.10 Å². The Hall–Kier alpha value is -2.23. The van der Waals surface area contributed by atoms with Gasteiger partial charge in [-0.25, -0.2) is 4.98 Å². The van der Waals surface area contributed by atoms with Crippen molar-refractivity contribution >= 4 is 10.9 Å². The monoisotopic (exact) mass is 269 g/mol. The van der Waals surface area contributed by atoms with Gasteiger partial charge in [0.2, 0.25) is 0 Å². The summed E-state index contributed by atoms with van der Waals surface area (Å²) >= 11 is 0. The van der Waals surface area contributed by atoms with Crippen molar-refractivity contribution in [3.05, 3.63) is 48.7 Å². The van der Waals surface area contributed by atoms with Gasteiger partial charge in [-0.2, -0.15) is 0 Å². The maximum atomic E-state index is 5.73. The van der Waals surface area contributed by atoms with Crippen molar-refractivity contribution in [2.75, 3.05) is 0 Å². The van der Waals surface area contributed by atoms with E-state index in [0.717, 1.165) is 18.1 Å². The van der Waals surface area contributed by atoms with Gasteiger partial charge in [0, 0.05) is 36.5 Å². The lowest BCUT2D eigenvalue weighted by Crippen LogP contribution is -2.06. The average molecular weight is 269 g/mol. The van der Waals surface area contributed by atoms with Crippen LogP contribution in [0.15, 0.2) is 42.9 Å². The molecule has 0 saturated carbocycles. The lowest BCUT2D eigenvalue weighted by atomic mass is 10.2. The summed E-state index contributed by atoms with van der Waals surface area (Å²) in [7, 11) is 2.02. The van der Waals surface area contributed by atoms with Gasteiger partial charge in [0.25, 0.3) is 0 Å². The molecular weight excluding hydrogens is 250 g/mol. The third kappa shape index (κ3) is 2.41. The number of nitrogens with zero attached hydrogens (tertiary/aromatic N) is 3. The number of hydrogen-bond donors (Lipinski definition) is 0. The molecule has 0 amide bonds. The third-order valence-electron chi connectivity index (χ3n) is 3.35. The van der Waals surface area contributed by atoms with Gasteiger partial charge >= 0.3 is 0 Å². The van der Waals surface area contributed by atoms with E-state index in [2.05, 4.69) is 33.9 Å². The molecule has 0 N–H and O–H groups in total. The molecule has 0 saturated heterocycles. The van der Waals surface area contributed by atoms with Crippen molar-refractivity contribution in [1.82, 2.24) is 14.1 Å². The smallest absolute Gasteiger partial charge is 0.128 e. The zero-order chi connectivity index (χ0) is 14.1. The molecule has 4 heteroatoms. The van der Waals surface area contributed by atoms with Gasteiger partial charge in [-0.1, -0.05) is 0 Å². The van der Waals surface area contributed by atoms with Crippen LogP contribution in [0.5, 0.6) is 5.75 Å². The largest absolute Gasteiger partial charge is 0.491 e. The van der Waals surface area contributed by atoms with Gasteiger partial charge in [0.15, 0.2) is 0 Å². The molecule has 2 heterocycles. The van der Waals surface area contributed by atoms with Crippen LogP contribution in [0.1, 0.15) is 19.7 Å². The standard InChI is InChI=1S/C16H19N3O/c1-12(2)20-14-4-5-15-13(10-14)6-8-19(15)11-16-17-7-9-18(16)3/h4-10,12H,11H2,1-3H3. The maximum Gasteiger partial charge on any atom is 0.128 e. The molecule has 0 aliphatic rings. The van der Waals surface area contributed by atoms with Crippen LogP contribution >= 0.6 is 0 Å². The van der Waals surface area contributed by atoms with Gasteiger partial charge in [0.1, 0.15) is 11.6 Å². The summed E-state index contributed by atoms with van der Waals surface area (Å²) < 4.78 is 9.98. The molecule has 1 aromatic carbocycles. The predicted molar refractivity (Wildman–Crippen MR) is 80.0 cm³/mol. The molecule has 104 valence electrons. The van der Waals surface area contributed by atoms with E-state index >= 15 is 0 Å². The number of fused-ring (bicyclic) bond motifs is 1. The Morgan fingerprint density at radius 3 is 2.75 bits per heavy atom. The first-order valence-corrected chi connectivity index (χ1v) is 6.85. The van der Waals surface area contributed by atoms with Crippen molar-refractivity contribution in [3.8, 4) is 5.75 Å². The topological polar surface area (TPSA) is 32.0 Å². The molecule has 3 rings (SSSR count). The van der Waals surface area contributed by atoms with Crippen LogP contribution in [-0.2, 0) is 13.6 Å². The van der Waals surface area contributed by atoms with Crippen LogP contribution in [0.25, 0.3) is 10.9 Å². The number of aromatic nitrogens is 3. The van der Waals surface area contributed by atoms with E-state index in [4.69, 9.17) is 4.74 Å². The quantitative estimate of drug-likeness (QED) is 0.728. The second-order valence-corrected chi connectivity index (χ2v) is 5.29. The Labute approximate surface area is 118 Å². The molecule has 0 aliphatic heterocycles. The van der Waals surface area contributed by atoms with E-state index in [1.165, 1.54) is 10.9 Å². The molecule has 0 aliphatic carbocycles. The SMILES string of the molecule is CC(C)Oc1ccc2c(ccn2Cc2nccn2C)c1. The fraction of sp³-hybridized carbons (Fsp3) is 0.312. The summed E-state index contributed by atoms with van der Waals surface area (Å²) in [5, 5.41) is 1.19.